The molecule has 104 valence electrons. The monoisotopic (exact) mass is 339 g/mol. The first-order valence-corrected chi connectivity index (χ1v) is 6.47. The lowest BCUT2D eigenvalue weighted by molar-refractivity contribution is 0.0695. The van der Waals surface area contributed by atoms with E-state index in [9.17, 15) is 9.18 Å². The molecule has 4 nitrogen and oxygen atoms in total. The van der Waals surface area contributed by atoms with E-state index in [1.807, 2.05) is 0 Å². The second-order valence-corrected chi connectivity index (χ2v) is 4.91. The summed E-state index contributed by atoms with van der Waals surface area (Å²) in [5, 5.41) is 9.13. The van der Waals surface area contributed by atoms with Crippen molar-refractivity contribution in [1.82, 2.24) is 0 Å². The van der Waals surface area contributed by atoms with Crippen molar-refractivity contribution < 1.29 is 19.0 Å². The summed E-state index contributed by atoms with van der Waals surface area (Å²) in [4.78, 5) is 11.2. The highest BCUT2D eigenvalue weighted by Gasteiger charge is 2.14. The fraction of sp³-hybridized carbons (Fsp3) is 0.0714. The van der Waals surface area contributed by atoms with Crippen LogP contribution in [-0.2, 0) is 6.61 Å². The molecule has 0 bridgehead atoms. The van der Waals surface area contributed by atoms with Gasteiger partial charge in [-0.15, -0.1) is 0 Å². The Bertz CT molecular complexity index is 661. The van der Waals surface area contributed by atoms with E-state index in [1.54, 1.807) is 12.1 Å². The molecule has 20 heavy (non-hydrogen) atoms. The van der Waals surface area contributed by atoms with Crippen LogP contribution in [-0.4, -0.2) is 11.1 Å². The largest absolute Gasteiger partial charge is 0.489 e. The number of carbonyl (C=O) groups is 1. The normalized spacial score (nSPS) is 10.3. The van der Waals surface area contributed by atoms with Crippen molar-refractivity contribution in [2.75, 3.05) is 5.73 Å². The van der Waals surface area contributed by atoms with Crippen LogP contribution in [0, 0.1) is 5.82 Å². The number of aromatic carboxylic acids is 1. The molecule has 0 radical (unpaired) electrons. The minimum absolute atomic E-state index is 0.0219. The number of nitrogens with two attached hydrogens (primary N) is 1. The van der Waals surface area contributed by atoms with E-state index in [4.69, 9.17) is 15.6 Å². The minimum atomic E-state index is -1.11. The number of benzene rings is 2. The number of hydrogen-bond donors (Lipinski definition) is 2. The molecule has 2 rings (SSSR count). The first kappa shape index (κ1) is 14.3. The van der Waals surface area contributed by atoms with Gasteiger partial charge in [-0.05, 0) is 40.2 Å². The summed E-state index contributed by atoms with van der Waals surface area (Å²) >= 11 is 3.05. The SMILES string of the molecule is Nc1cccc(COc2ccc(F)c(Br)c2)c1C(=O)O. The molecule has 0 saturated heterocycles. The van der Waals surface area contributed by atoms with Crippen LogP contribution in [0.3, 0.4) is 0 Å². The van der Waals surface area contributed by atoms with Crippen LogP contribution in [0.4, 0.5) is 10.1 Å². The van der Waals surface area contributed by atoms with Gasteiger partial charge in [-0.25, -0.2) is 9.18 Å². The lowest BCUT2D eigenvalue weighted by atomic mass is 10.1. The molecule has 2 aromatic carbocycles. The number of halogens is 2. The average molecular weight is 340 g/mol. The zero-order chi connectivity index (χ0) is 14.7. The molecule has 0 aliphatic rings. The third kappa shape index (κ3) is 3.08. The Morgan fingerprint density at radius 3 is 2.75 bits per heavy atom. The topological polar surface area (TPSA) is 72.5 Å². The zero-order valence-electron chi connectivity index (χ0n) is 10.3. The van der Waals surface area contributed by atoms with Gasteiger partial charge in [-0.1, -0.05) is 12.1 Å². The van der Waals surface area contributed by atoms with Gasteiger partial charge in [0.15, 0.2) is 0 Å². The molecule has 0 saturated carbocycles. The van der Waals surface area contributed by atoms with Crippen LogP contribution in [0.2, 0.25) is 0 Å². The van der Waals surface area contributed by atoms with Crippen molar-refractivity contribution in [2.45, 2.75) is 6.61 Å². The van der Waals surface area contributed by atoms with E-state index in [0.29, 0.717) is 11.3 Å². The summed E-state index contributed by atoms with van der Waals surface area (Å²) in [5.41, 5.74) is 6.30. The predicted octanol–water partition coefficient (Wildman–Crippen LogP) is 3.45. The molecule has 0 atom stereocenters. The molecule has 0 aliphatic carbocycles. The maximum absolute atomic E-state index is 13.1. The maximum Gasteiger partial charge on any atom is 0.338 e. The van der Waals surface area contributed by atoms with E-state index in [2.05, 4.69) is 15.9 Å². The maximum atomic E-state index is 13.1. The van der Waals surface area contributed by atoms with Crippen molar-refractivity contribution in [1.29, 1.82) is 0 Å². The first-order chi connectivity index (χ1) is 9.49. The summed E-state index contributed by atoms with van der Waals surface area (Å²) in [6.07, 6.45) is 0. The number of carboxylic acids is 1. The number of hydrogen-bond acceptors (Lipinski definition) is 3. The summed E-state index contributed by atoms with van der Waals surface area (Å²) in [6, 6.07) is 8.99. The van der Waals surface area contributed by atoms with Crippen LogP contribution < -0.4 is 10.5 Å². The van der Waals surface area contributed by atoms with Gasteiger partial charge in [0, 0.05) is 11.3 Å². The smallest absolute Gasteiger partial charge is 0.338 e. The Balaban J connectivity index is 2.21. The Morgan fingerprint density at radius 2 is 2.10 bits per heavy atom. The van der Waals surface area contributed by atoms with Crippen LogP contribution in [0.15, 0.2) is 40.9 Å². The van der Waals surface area contributed by atoms with E-state index in [1.165, 1.54) is 24.3 Å². The van der Waals surface area contributed by atoms with Crippen molar-refractivity contribution in [3.05, 3.63) is 57.8 Å². The van der Waals surface area contributed by atoms with E-state index in [0.717, 1.165) is 0 Å². The second kappa shape index (κ2) is 5.92. The van der Waals surface area contributed by atoms with Crippen LogP contribution >= 0.6 is 15.9 Å². The van der Waals surface area contributed by atoms with E-state index < -0.39 is 11.8 Å². The Kier molecular flexibility index (Phi) is 4.24. The molecule has 0 amide bonds. The molecule has 0 unspecified atom stereocenters. The van der Waals surface area contributed by atoms with E-state index in [-0.39, 0.29) is 22.3 Å². The summed E-state index contributed by atoms with van der Waals surface area (Å²) in [5.74, 6) is -1.08. The average Bonchev–Trinajstić information content (AvgIpc) is 2.39. The van der Waals surface area contributed by atoms with Crippen molar-refractivity contribution in [3.8, 4) is 5.75 Å². The van der Waals surface area contributed by atoms with Gasteiger partial charge < -0.3 is 15.6 Å². The molecule has 0 aromatic heterocycles. The Labute approximate surface area is 123 Å². The van der Waals surface area contributed by atoms with Gasteiger partial charge in [-0.2, -0.15) is 0 Å². The molecule has 0 heterocycles. The second-order valence-electron chi connectivity index (χ2n) is 4.05. The van der Waals surface area contributed by atoms with Crippen LogP contribution in [0.5, 0.6) is 5.75 Å². The molecule has 0 spiro atoms. The molecule has 0 fully saturated rings. The first-order valence-electron chi connectivity index (χ1n) is 5.67. The fourth-order valence-electron chi connectivity index (χ4n) is 1.73. The lowest BCUT2D eigenvalue weighted by Gasteiger charge is -2.11. The Morgan fingerprint density at radius 1 is 1.35 bits per heavy atom. The van der Waals surface area contributed by atoms with E-state index >= 15 is 0 Å². The number of carboxylic acid groups (broad SMARTS) is 1. The van der Waals surface area contributed by atoms with Crippen LogP contribution in [0.1, 0.15) is 15.9 Å². The molecule has 3 N–H and O–H groups in total. The number of nitrogen functional groups attached to an aromatic ring is 1. The standard InChI is InChI=1S/C14H11BrFNO3/c15-10-6-9(4-5-11(10)16)20-7-8-2-1-3-12(17)13(8)14(18)19/h1-6H,7,17H2,(H,18,19). The zero-order valence-corrected chi connectivity index (χ0v) is 11.9. The van der Waals surface area contributed by atoms with Crippen molar-refractivity contribution in [2.24, 2.45) is 0 Å². The molecule has 0 aliphatic heterocycles. The van der Waals surface area contributed by atoms with Gasteiger partial charge in [0.05, 0.1) is 10.0 Å². The van der Waals surface area contributed by atoms with Crippen LogP contribution in [0.25, 0.3) is 0 Å². The molecular weight excluding hydrogens is 329 g/mol. The van der Waals surface area contributed by atoms with Gasteiger partial charge in [0.1, 0.15) is 18.2 Å². The van der Waals surface area contributed by atoms with Gasteiger partial charge in [0.2, 0.25) is 0 Å². The number of anilines is 1. The van der Waals surface area contributed by atoms with Crippen molar-refractivity contribution in [3.63, 3.8) is 0 Å². The number of rotatable bonds is 4. The molecule has 6 heteroatoms. The Hall–Kier alpha value is -2.08. The fourth-order valence-corrected chi connectivity index (χ4v) is 2.09. The highest BCUT2D eigenvalue weighted by molar-refractivity contribution is 9.10. The molecule has 2 aromatic rings. The number of ether oxygens (including phenoxy) is 1. The third-order valence-electron chi connectivity index (χ3n) is 2.68. The summed E-state index contributed by atoms with van der Waals surface area (Å²) < 4.78 is 18.8. The highest BCUT2D eigenvalue weighted by atomic mass is 79.9. The van der Waals surface area contributed by atoms with Gasteiger partial charge in [-0.3, -0.25) is 0 Å². The molecular formula is C14H11BrFNO3. The predicted molar refractivity (Wildman–Crippen MR) is 76.2 cm³/mol. The minimum Gasteiger partial charge on any atom is -0.489 e. The van der Waals surface area contributed by atoms with Crippen molar-refractivity contribution >= 4 is 27.6 Å². The lowest BCUT2D eigenvalue weighted by Crippen LogP contribution is -2.09. The van der Waals surface area contributed by atoms with Gasteiger partial charge in [0.25, 0.3) is 0 Å². The van der Waals surface area contributed by atoms with Gasteiger partial charge >= 0.3 is 5.97 Å². The quantitative estimate of drug-likeness (QED) is 0.837. The summed E-state index contributed by atoms with van der Waals surface area (Å²) in [7, 11) is 0. The third-order valence-corrected chi connectivity index (χ3v) is 3.29. The summed E-state index contributed by atoms with van der Waals surface area (Å²) in [6.45, 7) is 0.0325. The highest BCUT2D eigenvalue weighted by Crippen LogP contribution is 2.24.